The number of anilines is 1. The third-order valence-corrected chi connectivity index (χ3v) is 7.03. The lowest BCUT2D eigenvalue weighted by atomic mass is 9.96. The molecule has 0 bridgehead atoms. The molecule has 0 radical (unpaired) electrons. The lowest BCUT2D eigenvalue weighted by Gasteiger charge is -2.28. The van der Waals surface area contributed by atoms with Crippen LogP contribution < -0.4 is 15.0 Å². The molecule has 0 unspecified atom stereocenters. The number of nitrogens with zero attached hydrogens (tertiary/aromatic N) is 3. The molecule has 2 aromatic carbocycles. The lowest BCUT2D eigenvalue weighted by Crippen LogP contribution is -2.29. The minimum atomic E-state index is -0.0574. The second kappa shape index (κ2) is 9.55. The van der Waals surface area contributed by atoms with Crippen LogP contribution in [0.2, 0.25) is 0 Å². The zero-order valence-corrected chi connectivity index (χ0v) is 21.3. The first-order valence-electron chi connectivity index (χ1n) is 12.0. The quantitative estimate of drug-likeness (QED) is 0.306. The van der Waals surface area contributed by atoms with Gasteiger partial charge in [-0.25, -0.2) is 0 Å². The Morgan fingerprint density at radius 3 is 2.23 bits per heavy atom. The number of hydrogen-bond acceptors (Lipinski definition) is 3. The molecule has 5 rings (SSSR count). The Balaban J connectivity index is 1.52. The normalized spacial score (nSPS) is 17.5. The average Bonchev–Trinajstić information content (AvgIpc) is 3.36. The zero-order chi connectivity index (χ0) is 24.5. The van der Waals surface area contributed by atoms with E-state index in [-0.39, 0.29) is 12.1 Å². The monoisotopic (exact) mass is 482 g/mol. The number of thiocarbonyl (C=S) groups is 1. The van der Waals surface area contributed by atoms with E-state index in [4.69, 9.17) is 17.0 Å². The van der Waals surface area contributed by atoms with Crippen molar-refractivity contribution in [3.63, 3.8) is 0 Å². The highest BCUT2D eigenvalue weighted by molar-refractivity contribution is 7.80. The van der Waals surface area contributed by atoms with Crippen molar-refractivity contribution in [2.45, 2.75) is 46.3 Å². The van der Waals surface area contributed by atoms with Crippen LogP contribution in [0.3, 0.4) is 0 Å². The number of ether oxygens (including phenoxy) is 1. The van der Waals surface area contributed by atoms with Crippen molar-refractivity contribution in [1.29, 1.82) is 0 Å². The third-order valence-electron chi connectivity index (χ3n) is 6.72. The van der Waals surface area contributed by atoms with Gasteiger partial charge in [-0.1, -0.05) is 23.8 Å². The van der Waals surface area contributed by atoms with Crippen molar-refractivity contribution >= 4 is 23.0 Å². The summed E-state index contributed by atoms with van der Waals surface area (Å²) in [5.74, 6) is 1.61. The van der Waals surface area contributed by atoms with Gasteiger partial charge >= 0.3 is 0 Å². The summed E-state index contributed by atoms with van der Waals surface area (Å²) in [6, 6.07) is 24.5. The van der Waals surface area contributed by atoms with Gasteiger partial charge in [0.2, 0.25) is 0 Å². The highest BCUT2D eigenvalue weighted by Crippen LogP contribution is 2.43. The maximum Gasteiger partial charge on any atom is 0.174 e. The highest BCUT2D eigenvalue weighted by Gasteiger charge is 2.42. The maximum absolute atomic E-state index is 6.05. The van der Waals surface area contributed by atoms with Gasteiger partial charge in [-0.05, 0) is 100 Å². The van der Waals surface area contributed by atoms with Crippen LogP contribution in [0, 0.1) is 20.8 Å². The van der Waals surface area contributed by atoms with Gasteiger partial charge in [0.15, 0.2) is 5.11 Å². The van der Waals surface area contributed by atoms with Crippen molar-refractivity contribution in [2.75, 3.05) is 4.90 Å². The van der Waals surface area contributed by atoms with Crippen LogP contribution in [0.5, 0.6) is 11.5 Å². The molecule has 0 aliphatic carbocycles. The van der Waals surface area contributed by atoms with E-state index in [0.29, 0.717) is 5.11 Å². The average molecular weight is 483 g/mol. The van der Waals surface area contributed by atoms with Gasteiger partial charge < -0.3 is 19.5 Å². The number of aryl methyl sites for hydroxylation is 2. The SMILES string of the molecule is CCn1c(C)cc([C@@H]2[C@@H](c3ccccn3)NC(=S)N2c2ccc(Oc3ccc(C)cc3)cc2)c1C. The first-order valence-corrected chi connectivity index (χ1v) is 12.4. The van der Waals surface area contributed by atoms with Crippen LogP contribution in [0.25, 0.3) is 0 Å². The van der Waals surface area contributed by atoms with Crippen molar-refractivity contribution in [3.8, 4) is 11.5 Å². The van der Waals surface area contributed by atoms with E-state index in [1.54, 1.807) is 0 Å². The molecule has 3 heterocycles. The standard InChI is InChI=1S/C29H30N4OS/c1-5-32-20(3)18-25(21(32)4)28-27(26-8-6-7-17-30-26)31-29(35)33(28)22-11-15-24(16-12-22)34-23-13-9-19(2)10-14-23/h6-18,27-28H,5H2,1-4H3,(H,31,35)/t27-,28-/m1/s1. The summed E-state index contributed by atoms with van der Waals surface area (Å²) in [7, 11) is 0. The van der Waals surface area contributed by atoms with E-state index in [2.05, 4.69) is 71.7 Å². The maximum atomic E-state index is 6.05. The Morgan fingerprint density at radius 1 is 0.943 bits per heavy atom. The molecular formula is C29H30N4OS. The zero-order valence-electron chi connectivity index (χ0n) is 20.5. The molecular weight excluding hydrogens is 452 g/mol. The van der Waals surface area contributed by atoms with Gasteiger partial charge in [-0.3, -0.25) is 4.98 Å². The summed E-state index contributed by atoms with van der Waals surface area (Å²) in [5, 5.41) is 4.25. The Labute approximate surface area is 212 Å². The minimum Gasteiger partial charge on any atom is -0.457 e. The summed E-state index contributed by atoms with van der Waals surface area (Å²) >= 11 is 5.89. The topological polar surface area (TPSA) is 42.3 Å². The van der Waals surface area contributed by atoms with Crippen molar-refractivity contribution in [2.24, 2.45) is 0 Å². The summed E-state index contributed by atoms with van der Waals surface area (Å²) in [6.45, 7) is 9.54. The molecule has 1 fully saturated rings. The molecule has 2 aromatic heterocycles. The predicted octanol–water partition coefficient (Wildman–Crippen LogP) is 6.80. The molecule has 1 saturated heterocycles. The summed E-state index contributed by atoms with van der Waals surface area (Å²) in [6.07, 6.45) is 1.84. The molecule has 1 aliphatic heterocycles. The molecule has 2 atom stereocenters. The van der Waals surface area contributed by atoms with Gasteiger partial charge in [0.1, 0.15) is 11.5 Å². The Bertz CT molecular complexity index is 1330. The van der Waals surface area contributed by atoms with Gasteiger partial charge in [0.05, 0.1) is 17.8 Å². The van der Waals surface area contributed by atoms with Crippen molar-refractivity contribution in [3.05, 3.63) is 107 Å². The van der Waals surface area contributed by atoms with Crippen LogP contribution in [0.15, 0.2) is 79.0 Å². The van der Waals surface area contributed by atoms with Gasteiger partial charge in [-0.2, -0.15) is 0 Å². The molecule has 0 spiro atoms. The smallest absolute Gasteiger partial charge is 0.174 e. The van der Waals surface area contributed by atoms with Crippen molar-refractivity contribution in [1.82, 2.24) is 14.9 Å². The first kappa shape index (κ1) is 23.1. The Morgan fingerprint density at radius 2 is 1.63 bits per heavy atom. The molecule has 1 N–H and O–H groups in total. The van der Waals surface area contributed by atoms with E-state index < -0.39 is 0 Å². The summed E-state index contributed by atoms with van der Waals surface area (Å²) in [4.78, 5) is 6.88. The molecule has 178 valence electrons. The fraction of sp³-hybridized carbons (Fsp3) is 0.241. The fourth-order valence-corrected chi connectivity index (χ4v) is 5.33. The van der Waals surface area contributed by atoms with E-state index >= 15 is 0 Å². The van der Waals surface area contributed by atoms with E-state index in [1.165, 1.54) is 22.5 Å². The number of benzene rings is 2. The molecule has 1 aliphatic rings. The molecule has 6 heteroatoms. The number of hydrogen-bond donors (Lipinski definition) is 1. The first-order chi connectivity index (χ1) is 17.0. The lowest BCUT2D eigenvalue weighted by molar-refractivity contribution is 0.482. The molecule has 0 amide bonds. The minimum absolute atomic E-state index is 0.0206. The summed E-state index contributed by atoms with van der Waals surface area (Å²) in [5.41, 5.74) is 6.96. The second-order valence-corrected chi connectivity index (χ2v) is 9.36. The number of pyridine rings is 1. The third kappa shape index (κ3) is 4.42. The molecule has 5 nitrogen and oxygen atoms in total. The van der Waals surface area contributed by atoms with Gasteiger partial charge in [-0.15, -0.1) is 0 Å². The van der Waals surface area contributed by atoms with Gasteiger partial charge in [0.25, 0.3) is 0 Å². The van der Waals surface area contributed by atoms with Crippen LogP contribution >= 0.6 is 12.2 Å². The number of nitrogens with one attached hydrogen (secondary N) is 1. The van der Waals surface area contributed by atoms with Crippen LogP contribution in [-0.4, -0.2) is 14.7 Å². The molecule has 0 saturated carbocycles. The van der Waals surface area contributed by atoms with Crippen LogP contribution in [-0.2, 0) is 6.54 Å². The molecule has 4 aromatic rings. The highest BCUT2D eigenvalue weighted by atomic mass is 32.1. The number of aromatic nitrogens is 2. The number of rotatable bonds is 6. The van der Waals surface area contributed by atoms with Gasteiger partial charge in [0, 0.05) is 29.8 Å². The molecule has 35 heavy (non-hydrogen) atoms. The Kier molecular flexibility index (Phi) is 6.31. The predicted molar refractivity (Wildman–Crippen MR) is 145 cm³/mol. The van der Waals surface area contributed by atoms with Crippen LogP contribution in [0.4, 0.5) is 5.69 Å². The van der Waals surface area contributed by atoms with E-state index in [0.717, 1.165) is 29.4 Å². The largest absolute Gasteiger partial charge is 0.457 e. The van der Waals surface area contributed by atoms with Crippen LogP contribution in [0.1, 0.15) is 47.2 Å². The van der Waals surface area contributed by atoms with E-state index in [1.807, 2.05) is 54.7 Å². The van der Waals surface area contributed by atoms with Crippen molar-refractivity contribution < 1.29 is 4.74 Å². The second-order valence-electron chi connectivity index (χ2n) is 8.98. The van der Waals surface area contributed by atoms with E-state index in [9.17, 15) is 0 Å². The summed E-state index contributed by atoms with van der Waals surface area (Å²) < 4.78 is 8.40. The fourth-order valence-electron chi connectivity index (χ4n) is 4.98. The Hall–Kier alpha value is -3.64.